The van der Waals surface area contributed by atoms with Crippen molar-refractivity contribution in [1.29, 1.82) is 0 Å². The minimum Gasteiger partial charge on any atom is -0.490 e. The summed E-state index contributed by atoms with van der Waals surface area (Å²) in [6.07, 6.45) is 0. The number of rotatable bonds is 10. The quantitative estimate of drug-likeness (QED) is 0.295. The summed E-state index contributed by atoms with van der Waals surface area (Å²) >= 11 is 3.33. The van der Waals surface area contributed by atoms with Crippen molar-refractivity contribution >= 4 is 31.6 Å². The minimum absolute atomic E-state index is 0.0112. The molecule has 0 aliphatic rings. The number of sulfonamides is 1. The van der Waals surface area contributed by atoms with Crippen LogP contribution in [0.15, 0.2) is 51.8 Å². The molecule has 0 aliphatic heterocycles. The van der Waals surface area contributed by atoms with E-state index >= 15 is 0 Å². The van der Waals surface area contributed by atoms with Gasteiger partial charge in [-0.25, -0.2) is 8.42 Å². The Hall–Kier alpha value is -2.17. The van der Waals surface area contributed by atoms with Gasteiger partial charge >= 0.3 is 5.69 Å². The first kappa shape index (κ1) is 22.1. The molecule has 0 saturated carbocycles. The van der Waals surface area contributed by atoms with Crippen LogP contribution in [0.25, 0.3) is 0 Å². The summed E-state index contributed by atoms with van der Waals surface area (Å²) in [5.74, 6) is 0.630. The molecule has 0 saturated heterocycles. The normalized spacial score (nSPS) is 11.4. The number of hydrogen-bond acceptors (Lipinski definition) is 6. The number of nitro benzene ring substituents is 1. The van der Waals surface area contributed by atoms with E-state index in [1.165, 1.54) is 16.4 Å². The van der Waals surface area contributed by atoms with Crippen LogP contribution in [-0.4, -0.2) is 43.9 Å². The Bertz CT molecular complexity index is 914. The highest BCUT2D eigenvalue weighted by molar-refractivity contribution is 9.10. The number of nitro groups is 1. The highest BCUT2D eigenvalue weighted by Gasteiger charge is 2.26. The fourth-order valence-electron chi connectivity index (χ4n) is 2.48. The van der Waals surface area contributed by atoms with Crippen molar-refractivity contribution in [2.45, 2.75) is 18.7 Å². The van der Waals surface area contributed by atoms with Gasteiger partial charge in [0.15, 0.2) is 5.75 Å². The lowest BCUT2D eigenvalue weighted by Crippen LogP contribution is -2.30. The molecule has 28 heavy (non-hydrogen) atoms. The molecule has 0 unspecified atom stereocenters. The molecule has 0 atom stereocenters. The monoisotopic (exact) mass is 472 g/mol. The molecule has 0 heterocycles. The molecule has 0 fully saturated rings. The lowest BCUT2D eigenvalue weighted by Gasteiger charge is -2.18. The first-order valence-corrected chi connectivity index (χ1v) is 10.8. The van der Waals surface area contributed by atoms with Crippen LogP contribution in [0.3, 0.4) is 0 Å². The van der Waals surface area contributed by atoms with Gasteiger partial charge in [-0.2, -0.15) is 4.31 Å². The van der Waals surface area contributed by atoms with E-state index in [1.54, 1.807) is 26.0 Å². The number of ether oxygens (including phenoxy) is 2. The van der Waals surface area contributed by atoms with Crippen molar-refractivity contribution in [3.05, 3.63) is 57.1 Å². The van der Waals surface area contributed by atoms with Gasteiger partial charge in [0.2, 0.25) is 10.0 Å². The largest absolute Gasteiger partial charge is 0.490 e. The Kier molecular flexibility index (Phi) is 7.78. The maximum atomic E-state index is 12.6. The van der Waals surface area contributed by atoms with Gasteiger partial charge in [0.25, 0.3) is 0 Å². The van der Waals surface area contributed by atoms with Crippen LogP contribution < -0.4 is 9.47 Å². The molecule has 0 aromatic heterocycles. The fourth-order valence-corrected chi connectivity index (χ4v) is 4.22. The molecule has 2 aromatic rings. The van der Waals surface area contributed by atoms with Crippen molar-refractivity contribution in [1.82, 2.24) is 4.31 Å². The molecule has 0 spiro atoms. The van der Waals surface area contributed by atoms with E-state index in [-0.39, 0.29) is 36.9 Å². The van der Waals surface area contributed by atoms with Crippen LogP contribution in [-0.2, 0) is 10.0 Å². The van der Waals surface area contributed by atoms with Crippen molar-refractivity contribution in [3.63, 3.8) is 0 Å². The third-order valence-electron chi connectivity index (χ3n) is 3.89. The molecule has 8 nitrogen and oxygen atoms in total. The molecule has 0 radical (unpaired) electrons. The van der Waals surface area contributed by atoms with E-state index in [2.05, 4.69) is 15.9 Å². The summed E-state index contributed by atoms with van der Waals surface area (Å²) in [6.45, 7) is 4.21. The van der Waals surface area contributed by atoms with Crippen LogP contribution in [0.5, 0.6) is 11.5 Å². The summed E-state index contributed by atoms with van der Waals surface area (Å²) in [6, 6.07) is 10.9. The molecule has 0 amide bonds. The lowest BCUT2D eigenvalue weighted by atomic mass is 10.3. The third kappa shape index (κ3) is 5.43. The summed E-state index contributed by atoms with van der Waals surface area (Å²) in [7, 11) is -3.79. The van der Waals surface area contributed by atoms with Crippen molar-refractivity contribution in [2.75, 3.05) is 26.3 Å². The number of halogens is 1. The van der Waals surface area contributed by atoms with Crippen molar-refractivity contribution < 1.29 is 22.8 Å². The lowest BCUT2D eigenvalue weighted by molar-refractivity contribution is -0.386. The van der Waals surface area contributed by atoms with Crippen LogP contribution in [0.4, 0.5) is 5.69 Å². The van der Waals surface area contributed by atoms with Crippen LogP contribution in [0.1, 0.15) is 13.8 Å². The maximum absolute atomic E-state index is 12.6. The topological polar surface area (TPSA) is 99.0 Å². The van der Waals surface area contributed by atoms with E-state index in [4.69, 9.17) is 9.47 Å². The highest BCUT2D eigenvalue weighted by atomic mass is 79.9. The zero-order valence-corrected chi connectivity index (χ0v) is 17.9. The average molecular weight is 473 g/mol. The smallest absolute Gasteiger partial charge is 0.312 e. The molecule has 2 aromatic carbocycles. The average Bonchev–Trinajstić information content (AvgIpc) is 2.67. The van der Waals surface area contributed by atoms with E-state index in [0.717, 1.165) is 10.5 Å². The second-order valence-corrected chi connectivity index (χ2v) is 8.48. The first-order chi connectivity index (χ1) is 13.3. The SMILES string of the molecule is CCN(CC)S(=O)(=O)c1ccc(OCCOc2ccc(Br)cc2)c([N+](=O)[O-])c1. The Labute approximate surface area is 172 Å². The standard InChI is InChI=1S/C18H21BrN2O6S/c1-3-20(4-2)28(24,25)16-9-10-18(17(13-16)21(22)23)27-12-11-26-15-7-5-14(19)6-8-15/h5-10,13H,3-4,11-12H2,1-2H3. The highest BCUT2D eigenvalue weighted by Crippen LogP contribution is 2.31. The number of nitrogens with zero attached hydrogens (tertiary/aromatic N) is 2. The van der Waals surface area contributed by atoms with Gasteiger partial charge in [-0.3, -0.25) is 10.1 Å². The molecular formula is C18H21BrN2O6S. The Morgan fingerprint density at radius 1 is 1.04 bits per heavy atom. The predicted octanol–water partition coefficient (Wildman–Crippen LogP) is 3.85. The Morgan fingerprint density at radius 2 is 1.64 bits per heavy atom. The predicted molar refractivity (Wildman–Crippen MR) is 108 cm³/mol. The van der Waals surface area contributed by atoms with Gasteiger partial charge in [-0.15, -0.1) is 0 Å². The summed E-state index contributed by atoms with van der Waals surface area (Å²) in [5, 5.41) is 11.4. The van der Waals surface area contributed by atoms with Gasteiger partial charge < -0.3 is 9.47 Å². The maximum Gasteiger partial charge on any atom is 0.312 e. The van der Waals surface area contributed by atoms with Crippen molar-refractivity contribution in [3.8, 4) is 11.5 Å². The molecule has 0 N–H and O–H groups in total. The van der Waals surface area contributed by atoms with E-state index < -0.39 is 20.6 Å². The Balaban J connectivity index is 2.10. The number of hydrogen-bond donors (Lipinski definition) is 0. The van der Waals surface area contributed by atoms with Gasteiger partial charge in [0.05, 0.1) is 9.82 Å². The molecule has 0 bridgehead atoms. The zero-order chi connectivity index (χ0) is 20.7. The van der Waals surface area contributed by atoms with Gasteiger partial charge in [0.1, 0.15) is 19.0 Å². The first-order valence-electron chi connectivity index (χ1n) is 8.59. The summed E-state index contributed by atoms with van der Waals surface area (Å²) in [4.78, 5) is 10.6. The van der Waals surface area contributed by atoms with Crippen molar-refractivity contribution in [2.24, 2.45) is 0 Å². The van der Waals surface area contributed by atoms with Crippen LogP contribution in [0, 0.1) is 10.1 Å². The fraction of sp³-hybridized carbons (Fsp3) is 0.333. The molecule has 152 valence electrons. The van der Waals surface area contributed by atoms with Crippen LogP contribution >= 0.6 is 15.9 Å². The summed E-state index contributed by atoms with van der Waals surface area (Å²) < 4.78 is 38.2. The third-order valence-corrected chi connectivity index (χ3v) is 6.47. The summed E-state index contributed by atoms with van der Waals surface area (Å²) in [5.41, 5.74) is -0.406. The second kappa shape index (κ2) is 9.85. The molecule has 10 heteroatoms. The zero-order valence-electron chi connectivity index (χ0n) is 15.5. The van der Waals surface area contributed by atoms with E-state index in [9.17, 15) is 18.5 Å². The molecule has 0 aliphatic carbocycles. The van der Waals surface area contributed by atoms with E-state index in [0.29, 0.717) is 5.75 Å². The Morgan fingerprint density at radius 3 is 2.21 bits per heavy atom. The van der Waals surface area contributed by atoms with Gasteiger partial charge in [-0.1, -0.05) is 29.8 Å². The minimum atomic E-state index is -3.79. The second-order valence-electron chi connectivity index (χ2n) is 5.63. The van der Waals surface area contributed by atoms with Gasteiger partial charge in [0, 0.05) is 23.6 Å². The molecule has 2 rings (SSSR count). The van der Waals surface area contributed by atoms with Crippen LogP contribution in [0.2, 0.25) is 0 Å². The van der Waals surface area contributed by atoms with Gasteiger partial charge in [-0.05, 0) is 36.4 Å². The van der Waals surface area contributed by atoms with E-state index in [1.807, 2.05) is 12.1 Å². The number of benzene rings is 2. The molecular weight excluding hydrogens is 452 g/mol.